The molecule has 0 aliphatic heterocycles. The maximum Gasteiger partial charge on any atom is 0.220 e. The van der Waals surface area contributed by atoms with Gasteiger partial charge in [0.2, 0.25) is 5.91 Å². The van der Waals surface area contributed by atoms with Crippen molar-refractivity contribution in [3.63, 3.8) is 0 Å². The monoisotopic (exact) mass is 415 g/mol. The molecule has 1 N–H and O–H groups in total. The van der Waals surface area contributed by atoms with E-state index in [0.717, 1.165) is 34.3 Å². The number of para-hydroxylation sites is 1. The Labute approximate surface area is 181 Å². The van der Waals surface area contributed by atoms with Gasteiger partial charge in [0.25, 0.3) is 0 Å². The minimum atomic E-state index is -0.294. The lowest BCUT2D eigenvalue weighted by molar-refractivity contribution is -0.121. The number of halogens is 1. The number of fused-ring (bicyclic) bond motifs is 1. The summed E-state index contributed by atoms with van der Waals surface area (Å²) in [7, 11) is 0. The van der Waals surface area contributed by atoms with E-state index in [1.54, 1.807) is 12.3 Å². The van der Waals surface area contributed by atoms with Gasteiger partial charge in [-0.3, -0.25) is 9.78 Å². The van der Waals surface area contributed by atoms with E-state index in [9.17, 15) is 9.18 Å². The Balaban J connectivity index is 1.59. The highest BCUT2D eigenvalue weighted by molar-refractivity contribution is 5.86. The van der Waals surface area contributed by atoms with Gasteiger partial charge in [0, 0.05) is 60.8 Å². The number of amides is 1. The summed E-state index contributed by atoms with van der Waals surface area (Å²) in [6, 6.07) is 20.5. The first-order valence-electron chi connectivity index (χ1n) is 10.7. The maximum atomic E-state index is 14.0. The van der Waals surface area contributed by atoms with Gasteiger partial charge in [0.1, 0.15) is 5.82 Å². The molecule has 0 aliphatic rings. The van der Waals surface area contributed by atoms with Crippen LogP contribution in [-0.2, 0) is 17.8 Å². The fourth-order valence-electron chi connectivity index (χ4n) is 4.08. The van der Waals surface area contributed by atoms with Crippen LogP contribution in [0.5, 0.6) is 0 Å². The number of rotatable bonds is 8. The highest BCUT2D eigenvalue weighted by atomic mass is 19.1. The number of aryl methyl sites for hydroxylation is 1. The van der Waals surface area contributed by atoms with E-state index in [0.29, 0.717) is 13.0 Å². The molecule has 31 heavy (non-hydrogen) atoms. The van der Waals surface area contributed by atoms with Crippen LogP contribution >= 0.6 is 0 Å². The number of aromatic nitrogens is 2. The molecule has 0 fully saturated rings. The molecule has 0 spiro atoms. The van der Waals surface area contributed by atoms with Gasteiger partial charge in [0.15, 0.2) is 0 Å². The molecule has 2 aromatic heterocycles. The van der Waals surface area contributed by atoms with Crippen molar-refractivity contribution in [1.82, 2.24) is 14.9 Å². The lowest BCUT2D eigenvalue weighted by atomic mass is 9.88. The highest BCUT2D eigenvalue weighted by Crippen LogP contribution is 2.35. The predicted molar refractivity (Wildman–Crippen MR) is 121 cm³/mol. The summed E-state index contributed by atoms with van der Waals surface area (Å²) in [5, 5.41) is 4.10. The van der Waals surface area contributed by atoms with Gasteiger partial charge < -0.3 is 9.88 Å². The van der Waals surface area contributed by atoms with E-state index < -0.39 is 0 Å². The van der Waals surface area contributed by atoms with E-state index in [4.69, 9.17) is 0 Å². The molecule has 2 heterocycles. The lowest BCUT2D eigenvalue weighted by Gasteiger charge is -2.17. The number of pyridine rings is 1. The third-order valence-electron chi connectivity index (χ3n) is 5.61. The Morgan fingerprint density at radius 1 is 1.10 bits per heavy atom. The van der Waals surface area contributed by atoms with Crippen LogP contribution in [0, 0.1) is 5.82 Å². The topological polar surface area (TPSA) is 46.9 Å². The van der Waals surface area contributed by atoms with Crippen LogP contribution in [0.4, 0.5) is 4.39 Å². The summed E-state index contributed by atoms with van der Waals surface area (Å²) in [5.74, 6) is -0.584. The average Bonchev–Trinajstić information content (AvgIpc) is 3.17. The van der Waals surface area contributed by atoms with Crippen LogP contribution in [0.25, 0.3) is 10.9 Å². The van der Waals surface area contributed by atoms with Gasteiger partial charge in [-0.15, -0.1) is 0 Å². The number of carbonyl (C=O) groups excluding carboxylic acids is 1. The van der Waals surface area contributed by atoms with Gasteiger partial charge in [-0.05, 0) is 48.4 Å². The fraction of sp³-hybridized carbons (Fsp3) is 0.231. The molecule has 0 saturated heterocycles. The quantitative estimate of drug-likeness (QED) is 0.436. The van der Waals surface area contributed by atoms with Gasteiger partial charge in [-0.1, -0.05) is 36.4 Å². The summed E-state index contributed by atoms with van der Waals surface area (Å²) in [5.41, 5.74) is 3.91. The molecular formula is C26H26FN3O. The molecule has 1 amide bonds. The van der Waals surface area contributed by atoms with Gasteiger partial charge in [-0.25, -0.2) is 4.39 Å². The summed E-state index contributed by atoms with van der Waals surface area (Å²) in [4.78, 5) is 17.1. The zero-order valence-corrected chi connectivity index (χ0v) is 17.6. The molecule has 4 nitrogen and oxygen atoms in total. The van der Waals surface area contributed by atoms with Crippen LogP contribution in [0.15, 0.2) is 79.1 Å². The molecule has 0 radical (unpaired) electrons. The van der Waals surface area contributed by atoms with Crippen molar-refractivity contribution in [2.24, 2.45) is 0 Å². The lowest BCUT2D eigenvalue weighted by Crippen LogP contribution is -2.27. The predicted octanol–water partition coefficient (Wildman–Crippen LogP) is 5.08. The number of nitrogens with one attached hydrogen (secondary N) is 1. The molecule has 4 rings (SSSR count). The Hall–Kier alpha value is -3.47. The van der Waals surface area contributed by atoms with E-state index in [1.165, 1.54) is 12.1 Å². The third kappa shape index (κ3) is 4.82. The summed E-state index contributed by atoms with van der Waals surface area (Å²) < 4.78 is 16.2. The first-order chi connectivity index (χ1) is 15.2. The van der Waals surface area contributed by atoms with E-state index in [1.807, 2.05) is 36.4 Å². The number of carbonyl (C=O) groups is 1. The molecule has 5 heteroatoms. The Morgan fingerprint density at radius 3 is 2.71 bits per heavy atom. The van der Waals surface area contributed by atoms with Crippen molar-refractivity contribution in [2.45, 2.75) is 32.2 Å². The van der Waals surface area contributed by atoms with E-state index in [2.05, 4.69) is 40.1 Å². The molecule has 0 aliphatic carbocycles. The SMILES string of the molecule is CCn1cc(C(CC(=O)NCCc2ccccn2)c2cccc(F)c2)c2ccccc21. The van der Waals surface area contributed by atoms with Crippen molar-refractivity contribution in [2.75, 3.05) is 6.54 Å². The van der Waals surface area contributed by atoms with Crippen molar-refractivity contribution in [3.05, 3.63) is 102 Å². The molecule has 0 bridgehead atoms. The summed E-state index contributed by atoms with van der Waals surface area (Å²) >= 11 is 0. The van der Waals surface area contributed by atoms with Crippen molar-refractivity contribution >= 4 is 16.8 Å². The third-order valence-corrected chi connectivity index (χ3v) is 5.61. The van der Waals surface area contributed by atoms with Gasteiger partial charge in [-0.2, -0.15) is 0 Å². The molecule has 4 aromatic rings. The van der Waals surface area contributed by atoms with E-state index in [-0.39, 0.29) is 24.1 Å². The average molecular weight is 416 g/mol. The van der Waals surface area contributed by atoms with Gasteiger partial charge >= 0.3 is 0 Å². The Morgan fingerprint density at radius 2 is 1.94 bits per heavy atom. The van der Waals surface area contributed by atoms with Crippen LogP contribution in [-0.4, -0.2) is 22.0 Å². The van der Waals surface area contributed by atoms with Crippen LogP contribution in [0.2, 0.25) is 0 Å². The second-order valence-corrected chi connectivity index (χ2v) is 7.62. The van der Waals surface area contributed by atoms with Crippen LogP contribution in [0.1, 0.15) is 36.1 Å². The first kappa shape index (κ1) is 20.8. The summed E-state index contributed by atoms with van der Waals surface area (Å²) in [6.07, 6.45) is 4.78. The zero-order valence-electron chi connectivity index (χ0n) is 17.6. The van der Waals surface area contributed by atoms with Gasteiger partial charge in [0.05, 0.1) is 0 Å². The molecular weight excluding hydrogens is 389 g/mol. The normalized spacial score (nSPS) is 12.1. The zero-order chi connectivity index (χ0) is 21.6. The van der Waals surface area contributed by atoms with Crippen LogP contribution < -0.4 is 5.32 Å². The Kier molecular flexibility index (Phi) is 6.41. The molecule has 2 aromatic carbocycles. The number of hydrogen-bond donors (Lipinski definition) is 1. The molecule has 158 valence electrons. The molecule has 1 unspecified atom stereocenters. The first-order valence-corrected chi connectivity index (χ1v) is 10.7. The fourth-order valence-corrected chi connectivity index (χ4v) is 4.08. The van der Waals surface area contributed by atoms with E-state index >= 15 is 0 Å². The summed E-state index contributed by atoms with van der Waals surface area (Å²) in [6.45, 7) is 3.44. The standard InChI is InChI=1S/C26H26FN3O/c1-2-30-18-24(22-11-3-4-12-25(22)30)23(19-8-7-9-20(27)16-19)17-26(31)29-15-13-21-10-5-6-14-28-21/h3-12,14,16,18,23H,2,13,15,17H2,1H3,(H,29,31). The number of nitrogens with zero attached hydrogens (tertiary/aromatic N) is 2. The Bertz CT molecular complexity index is 1170. The highest BCUT2D eigenvalue weighted by Gasteiger charge is 2.23. The minimum absolute atomic E-state index is 0.0569. The second kappa shape index (κ2) is 9.56. The largest absolute Gasteiger partial charge is 0.356 e. The van der Waals surface area contributed by atoms with Crippen LogP contribution in [0.3, 0.4) is 0 Å². The smallest absolute Gasteiger partial charge is 0.220 e. The molecule has 0 saturated carbocycles. The second-order valence-electron chi connectivity index (χ2n) is 7.62. The minimum Gasteiger partial charge on any atom is -0.356 e. The number of benzene rings is 2. The molecule has 1 atom stereocenters. The van der Waals surface area contributed by atoms with Crippen molar-refractivity contribution < 1.29 is 9.18 Å². The maximum absolute atomic E-state index is 14.0. The number of hydrogen-bond acceptors (Lipinski definition) is 2. The van der Waals surface area contributed by atoms with Crippen molar-refractivity contribution in [1.29, 1.82) is 0 Å². The van der Waals surface area contributed by atoms with Crippen molar-refractivity contribution in [3.8, 4) is 0 Å².